The fourth-order valence-corrected chi connectivity index (χ4v) is 2.27. The van der Waals surface area contributed by atoms with Crippen molar-refractivity contribution in [1.29, 1.82) is 0 Å². The van der Waals surface area contributed by atoms with Crippen molar-refractivity contribution in [2.45, 2.75) is 25.9 Å². The molecule has 0 saturated heterocycles. The number of hydrogen-bond acceptors (Lipinski definition) is 1. The maximum absolute atomic E-state index is 9.92. The van der Waals surface area contributed by atoms with Gasteiger partial charge in [0.15, 0.2) is 0 Å². The van der Waals surface area contributed by atoms with E-state index in [1.165, 1.54) is 11.1 Å². The summed E-state index contributed by atoms with van der Waals surface area (Å²) in [4.78, 5) is 0. The molecule has 0 fully saturated rings. The van der Waals surface area contributed by atoms with E-state index in [1.807, 2.05) is 18.2 Å². The first-order valence-electron chi connectivity index (χ1n) is 5.13. The molecule has 0 radical (unpaired) electrons. The normalized spacial score (nSPS) is 24.7. The summed E-state index contributed by atoms with van der Waals surface area (Å²) < 4.78 is 0. The lowest BCUT2D eigenvalue weighted by atomic mass is 10.0. The van der Waals surface area contributed by atoms with Crippen LogP contribution in [0.4, 0.5) is 0 Å². The summed E-state index contributed by atoms with van der Waals surface area (Å²) in [5, 5.41) is 9.92. The van der Waals surface area contributed by atoms with Gasteiger partial charge >= 0.3 is 0 Å². The number of rotatable bonds is 2. The predicted molar refractivity (Wildman–Crippen MR) is 58.2 cm³/mol. The molecule has 14 heavy (non-hydrogen) atoms. The Kier molecular flexibility index (Phi) is 2.42. The smallest absolute Gasteiger partial charge is 0.0821 e. The van der Waals surface area contributed by atoms with Gasteiger partial charge in [0.25, 0.3) is 0 Å². The lowest BCUT2D eigenvalue weighted by Gasteiger charge is -2.08. The van der Waals surface area contributed by atoms with Crippen molar-refractivity contribution in [3.63, 3.8) is 0 Å². The number of benzene rings is 1. The zero-order valence-corrected chi connectivity index (χ0v) is 8.53. The minimum absolute atomic E-state index is 0.269. The van der Waals surface area contributed by atoms with Crippen LogP contribution in [0.25, 0.3) is 0 Å². The topological polar surface area (TPSA) is 20.2 Å². The van der Waals surface area contributed by atoms with E-state index in [-0.39, 0.29) is 6.10 Å². The molecule has 2 atom stereocenters. The van der Waals surface area contributed by atoms with Gasteiger partial charge in [-0.15, -0.1) is 6.58 Å². The monoisotopic (exact) mass is 188 g/mol. The van der Waals surface area contributed by atoms with Crippen molar-refractivity contribution in [3.8, 4) is 0 Å². The van der Waals surface area contributed by atoms with E-state index < -0.39 is 0 Å². The van der Waals surface area contributed by atoms with Crippen LogP contribution in [0.2, 0.25) is 0 Å². The van der Waals surface area contributed by atoms with Crippen molar-refractivity contribution < 1.29 is 5.11 Å². The van der Waals surface area contributed by atoms with Gasteiger partial charge in [0, 0.05) is 0 Å². The Hall–Kier alpha value is -1.08. The third-order valence-corrected chi connectivity index (χ3v) is 3.06. The SMILES string of the molecule is C=CCc1cccc2c1CC(C)C2O. The molecule has 0 bridgehead atoms. The van der Waals surface area contributed by atoms with Crippen molar-refractivity contribution in [2.24, 2.45) is 5.92 Å². The van der Waals surface area contributed by atoms with Gasteiger partial charge in [0.2, 0.25) is 0 Å². The summed E-state index contributed by atoms with van der Waals surface area (Å²) in [5.41, 5.74) is 3.78. The van der Waals surface area contributed by atoms with Crippen molar-refractivity contribution >= 4 is 0 Å². The molecule has 1 aromatic rings. The zero-order chi connectivity index (χ0) is 10.1. The fraction of sp³-hybridized carbons (Fsp3) is 0.385. The molecule has 1 aliphatic rings. The molecule has 2 unspecified atom stereocenters. The van der Waals surface area contributed by atoms with E-state index in [0.29, 0.717) is 5.92 Å². The molecule has 0 heterocycles. The number of aliphatic hydroxyl groups excluding tert-OH is 1. The first-order chi connectivity index (χ1) is 6.74. The van der Waals surface area contributed by atoms with Crippen LogP contribution in [-0.2, 0) is 12.8 Å². The Bertz CT molecular complexity index is 354. The highest BCUT2D eigenvalue weighted by Crippen LogP contribution is 2.37. The Morgan fingerprint density at radius 2 is 2.36 bits per heavy atom. The van der Waals surface area contributed by atoms with Gasteiger partial charge in [0.1, 0.15) is 0 Å². The summed E-state index contributed by atoms with van der Waals surface area (Å²) in [5.74, 6) is 0.357. The van der Waals surface area contributed by atoms with Crippen LogP contribution in [-0.4, -0.2) is 5.11 Å². The van der Waals surface area contributed by atoms with Crippen molar-refractivity contribution in [3.05, 3.63) is 47.5 Å². The highest BCUT2D eigenvalue weighted by molar-refractivity contribution is 5.41. The lowest BCUT2D eigenvalue weighted by molar-refractivity contribution is 0.133. The summed E-state index contributed by atoms with van der Waals surface area (Å²) in [6, 6.07) is 6.19. The van der Waals surface area contributed by atoms with Crippen LogP contribution in [0.5, 0.6) is 0 Å². The van der Waals surface area contributed by atoms with Crippen LogP contribution in [0.15, 0.2) is 30.9 Å². The molecule has 1 aliphatic carbocycles. The average Bonchev–Trinajstić information content (AvgIpc) is 2.46. The predicted octanol–water partition coefficient (Wildman–Crippen LogP) is 2.64. The number of fused-ring (bicyclic) bond motifs is 1. The molecule has 1 nitrogen and oxygen atoms in total. The summed E-state index contributed by atoms with van der Waals surface area (Å²) in [6.07, 6.45) is 3.56. The first kappa shape index (κ1) is 9.47. The van der Waals surface area contributed by atoms with E-state index in [2.05, 4.69) is 19.6 Å². The molecular weight excluding hydrogens is 172 g/mol. The van der Waals surface area contributed by atoms with Crippen LogP contribution < -0.4 is 0 Å². The third-order valence-electron chi connectivity index (χ3n) is 3.06. The fourth-order valence-electron chi connectivity index (χ4n) is 2.27. The zero-order valence-electron chi connectivity index (χ0n) is 8.53. The van der Waals surface area contributed by atoms with E-state index in [9.17, 15) is 5.11 Å². The molecule has 0 aromatic heterocycles. The molecular formula is C13H16O. The molecule has 2 rings (SSSR count). The van der Waals surface area contributed by atoms with Gasteiger partial charge in [0.05, 0.1) is 6.10 Å². The Balaban J connectivity index is 2.44. The van der Waals surface area contributed by atoms with E-state index in [0.717, 1.165) is 18.4 Å². The summed E-state index contributed by atoms with van der Waals surface area (Å²) >= 11 is 0. The Morgan fingerprint density at radius 1 is 1.57 bits per heavy atom. The highest BCUT2D eigenvalue weighted by atomic mass is 16.3. The van der Waals surface area contributed by atoms with E-state index >= 15 is 0 Å². The van der Waals surface area contributed by atoms with Gasteiger partial charge in [-0.05, 0) is 35.4 Å². The van der Waals surface area contributed by atoms with Crippen molar-refractivity contribution in [2.75, 3.05) is 0 Å². The van der Waals surface area contributed by atoms with Gasteiger partial charge < -0.3 is 5.11 Å². The second-order valence-corrected chi connectivity index (χ2v) is 4.10. The second-order valence-electron chi connectivity index (χ2n) is 4.10. The first-order valence-corrected chi connectivity index (χ1v) is 5.13. The van der Waals surface area contributed by atoms with Crippen molar-refractivity contribution in [1.82, 2.24) is 0 Å². The van der Waals surface area contributed by atoms with Crippen LogP contribution in [0.3, 0.4) is 0 Å². The number of aliphatic hydroxyl groups is 1. The van der Waals surface area contributed by atoms with Crippen LogP contribution in [0, 0.1) is 5.92 Å². The largest absolute Gasteiger partial charge is 0.388 e. The van der Waals surface area contributed by atoms with Gasteiger partial charge in [-0.3, -0.25) is 0 Å². The second kappa shape index (κ2) is 3.58. The van der Waals surface area contributed by atoms with Gasteiger partial charge in [-0.2, -0.15) is 0 Å². The molecule has 74 valence electrons. The third kappa shape index (κ3) is 1.38. The molecule has 0 saturated carbocycles. The minimum Gasteiger partial charge on any atom is -0.388 e. The van der Waals surface area contributed by atoms with E-state index in [1.54, 1.807) is 0 Å². The summed E-state index contributed by atoms with van der Waals surface area (Å²) in [7, 11) is 0. The molecule has 0 aliphatic heterocycles. The molecule has 1 N–H and O–H groups in total. The van der Waals surface area contributed by atoms with Crippen LogP contribution in [0.1, 0.15) is 29.7 Å². The Labute approximate surface area is 85.1 Å². The lowest BCUT2D eigenvalue weighted by Crippen LogP contribution is -2.00. The standard InChI is InChI=1S/C13H16O/c1-3-5-10-6-4-7-11-12(10)8-9(2)13(11)14/h3-4,6-7,9,13-14H,1,5,8H2,2H3. The molecule has 0 amide bonds. The Morgan fingerprint density at radius 3 is 3.07 bits per heavy atom. The van der Waals surface area contributed by atoms with Gasteiger partial charge in [-0.1, -0.05) is 31.2 Å². The number of allylic oxidation sites excluding steroid dienone is 1. The van der Waals surface area contributed by atoms with Gasteiger partial charge in [-0.25, -0.2) is 0 Å². The maximum Gasteiger partial charge on any atom is 0.0821 e. The highest BCUT2D eigenvalue weighted by Gasteiger charge is 2.28. The molecule has 1 heteroatoms. The minimum atomic E-state index is -0.269. The summed E-state index contributed by atoms with van der Waals surface area (Å²) in [6.45, 7) is 5.86. The molecule has 1 aromatic carbocycles. The maximum atomic E-state index is 9.92. The van der Waals surface area contributed by atoms with Crippen LogP contribution >= 0.6 is 0 Å². The van der Waals surface area contributed by atoms with E-state index in [4.69, 9.17) is 0 Å². The number of hydrogen-bond donors (Lipinski definition) is 1. The quantitative estimate of drug-likeness (QED) is 0.707. The molecule has 0 spiro atoms. The average molecular weight is 188 g/mol.